The minimum atomic E-state index is 0.540. The fraction of sp³-hybridized carbons (Fsp3) is 1.00. The highest BCUT2D eigenvalue weighted by atomic mass is 16.5. The average molecular weight is 268 g/mol. The van der Waals surface area contributed by atoms with Gasteiger partial charge in [0.15, 0.2) is 0 Å². The van der Waals surface area contributed by atoms with E-state index in [0.717, 1.165) is 31.0 Å². The smallest absolute Gasteiger partial charge is 0.0605 e. The number of piperidine rings is 1. The number of nitrogens with zero attached hydrogens (tertiary/aromatic N) is 1. The molecule has 1 N–H and O–H groups in total. The topological polar surface area (TPSA) is 24.5 Å². The zero-order valence-electron chi connectivity index (χ0n) is 13.0. The Hall–Kier alpha value is -0.120. The van der Waals surface area contributed by atoms with Gasteiger partial charge in [-0.05, 0) is 57.2 Å². The van der Waals surface area contributed by atoms with E-state index in [9.17, 15) is 0 Å². The molecule has 0 bridgehead atoms. The third kappa shape index (κ3) is 5.05. The lowest BCUT2D eigenvalue weighted by Crippen LogP contribution is -2.46. The molecule has 0 aromatic carbocycles. The van der Waals surface area contributed by atoms with Gasteiger partial charge >= 0.3 is 0 Å². The standard InChI is InChI=1S/C16H32N2O/c1-4-17-15-9-16(10-15)19-12-14-5-7-18(8-6-14)11-13(2)3/h13-17H,4-12H2,1-3H3/t15-,16-. The Balaban J connectivity index is 1.52. The van der Waals surface area contributed by atoms with Gasteiger partial charge in [-0.1, -0.05) is 20.8 Å². The molecule has 0 atom stereocenters. The number of hydrogen-bond donors (Lipinski definition) is 1. The molecule has 0 spiro atoms. The van der Waals surface area contributed by atoms with E-state index < -0.39 is 0 Å². The summed E-state index contributed by atoms with van der Waals surface area (Å²) < 4.78 is 6.05. The van der Waals surface area contributed by atoms with E-state index in [1.54, 1.807) is 0 Å². The van der Waals surface area contributed by atoms with Crippen molar-refractivity contribution in [2.24, 2.45) is 11.8 Å². The summed E-state index contributed by atoms with van der Waals surface area (Å²) in [5.41, 5.74) is 0. The lowest BCUT2D eigenvalue weighted by atomic mass is 9.89. The van der Waals surface area contributed by atoms with E-state index >= 15 is 0 Å². The second kappa shape index (κ2) is 7.61. The molecule has 3 nitrogen and oxygen atoms in total. The van der Waals surface area contributed by atoms with Crippen LogP contribution in [0.4, 0.5) is 0 Å². The van der Waals surface area contributed by atoms with Crippen LogP contribution in [0.25, 0.3) is 0 Å². The highest BCUT2D eigenvalue weighted by molar-refractivity contribution is 4.86. The van der Waals surface area contributed by atoms with Crippen molar-refractivity contribution < 1.29 is 4.74 Å². The third-order valence-corrected chi connectivity index (χ3v) is 4.49. The molecule has 2 fully saturated rings. The SMILES string of the molecule is CCN[C@H]1C[C@H](OCC2CCN(CC(C)C)CC2)C1. The minimum absolute atomic E-state index is 0.540. The molecule has 2 aliphatic rings. The lowest BCUT2D eigenvalue weighted by molar-refractivity contribution is -0.0403. The van der Waals surface area contributed by atoms with E-state index in [1.165, 1.54) is 45.3 Å². The fourth-order valence-corrected chi connectivity index (χ4v) is 3.28. The number of ether oxygens (including phenoxy) is 1. The summed E-state index contributed by atoms with van der Waals surface area (Å²) in [5, 5.41) is 3.49. The van der Waals surface area contributed by atoms with Gasteiger partial charge in [-0.25, -0.2) is 0 Å². The molecule has 0 aromatic rings. The van der Waals surface area contributed by atoms with Crippen molar-refractivity contribution >= 4 is 0 Å². The molecule has 2 rings (SSSR count). The van der Waals surface area contributed by atoms with Gasteiger partial charge in [0, 0.05) is 19.2 Å². The van der Waals surface area contributed by atoms with E-state index in [1.807, 2.05) is 0 Å². The normalized spacial score (nSPS) is 29.7. The lowest BCUT2D eigenvalue weighted by Gasteiger charge is -2.38. The Morgan fingerprint density at radius 3 is 2.47 bits per heavy atom. The number of rotatable bonds is 7. The summed E-state index contributed by atoms with van der Waals surface area (Å²) in [5.74, 6) is 1.60. The molecule has 112 valence electrons. The number of likely N-dealkylation sites (tertiary alicyclic amines) is 1. The summed E-state index contributed by atoms with van der Waals surface area (Å²) in [4.78, 5) is 2.62. The molecule has 0 radical (unpaired) electrons. The van der Waals surface area contributed by atoms with Gasteiger partial charge in [0.1, 0.15) is 0 Å². The maximum absolute atomic E-state index is 6.05. The van der Waals surface area contributed by atoms with Crippen LogP contribution in [0.15, 0.2) is 0 Å². The highest BCUT2D eigenvalue weighted by Gasteiger charge is 2.30. The van der Waals surface area contributed by atoms with Gasteiger partial charge in [0.2, 0.25) is 0 Å². The van der Waals surface area contributed by atoms with E-state index in [-0.39, 0.29) is 0 Å². The Morgan fingerprint density at radius 1 is 1.21 bits per heavy atom. The van der Waals surface area contributed by atoms with Crippen LogP contribution in [-0.4, -0.2) is 49.8 Å². The monoisotopic (exact) mass is 268 g/mol. The first kappa shape index (κ1) is 15.3. The largest absolute Gasteiger partial charge is 0.378 e. The predicted octanol–water partition coefficient (Wildman–Crippen LogP) is 2.51. The fourth-order valence-electron chi connectivity index (χ4n) is 3.28. The zero-order valence-corrected chi connectivity index (χ0v) is 13.0. The van der Waals surface area contributed by atoms with Crippen LogP contribution in [0.2, 0.25) is 0 Å². The molecular formula is C16H32N2O. The molecule has 1 aliphatic heterocycles. The van der Waals surface area contributed by atoms with Crippen molar-refractivity contribution in [2.75, 3.05) is 32.8 Å². The van der Waals surface area contributed by atoms with Crippen LogP contribution in [0.1, 0.15) is 46.5 Å². The summed E-state index contributed by atoms with van der Waals surface area (Å²) in [6, 6.07) is 0.725. The summed E-state index contributed by atoms with van der Waals surface area (Å²) >= 11 is 0. The van der Waals surface area contributed by atoms with E-state index in [2.05, 4.69) is 31.0 Å². The van der Waals surface area contributed by atoms with Crippen LogP contribution in [0.3, 0.4) is 0 Å². The van der Waals surface area contributed by atoms with Crippen LogP contribution < -0.4 is 5.32 Å². The molecule has 0 unspecified atom stereocenters. The number of hydrogen-bond acceptors (Lipinski definition) is 3. The predicted molar refractivity (Wildman–Crippen MR) is 80.4 cm³/mol. The van der Waals surface area contributed by atoms with Crippen LogP contribution in [0.5, 0.6) is 0 Å². The van der Waals surface area contributed by atoms with Crippen molar-refractivity contribution in [2.45, 2.75) is 58.6 Å². The first-order valence-corrected chi connectivity index (χ1v) is 8.24. The molecule has 1 saturated carbocycles. The Morgan fingerprint density at radius 2 is 1.89 bits per heavy atom. The minimum Gasteiger partial charge on any atom is -0.378 e. The molecule has 0 amide bonds. The van der Waals surface area contributed by atoms with Crippen molar-refractivity contribution in [3.63, 3.8) is 0 Å². The number of nitrogens with one attached hydrogen (secondary N) is 1. The molecule has 0 aromatic heterocycles. The maximum atomic E-state index is 6.05. The van der Waals surface area contributed by atoms with Gasteiger partial charge in [-0.2, -0.15) is 0 Å². The van der Waals surface area contributed by atoms with Gasteiger partial charge in [-0.15, -0.1) is 0 Å². The summed E-state index contributed by atoms with van der Waals surface area (Å²) in [6.45, 7) is 12.7. The van der Waals surface area contributed by atoms with Gasteiger partial charge < -0.3 is 15.0 Å². The van der Waals surface area contributed by atoms with Crippen molar-refractivity contribution in [3.05, 3.63) is 0 Å². The van der Waals surface area contributed by atoms with Crippen molar-refractivity contribution in [1.29, 1.82) is 0 Å². The second-order valence-electron chi connectivity index (χ2n) is 6.82. The van der Waals surface area contributed by atoms with E-state index in [4.69, 9.17) is 4.74 Å². The molecule has 19 heavy (non-hydrogen) atoms. The highest BCUT2D eigenvalue weighted by Crippen LogP contribution is 2.26. The third-order valence-electron chi connectivity index (χ3n) is 4.49. The van der Waals surface area contributed by atoms with Crippen molar-refractivity contribution in [1.82, 2.24) is 10.2 Å². The molecule has 3 heteroatoms. The maximum Gasteiger partial charge on any atom is 0.0605 e. The first-order chi connectivity index (χ1) is 9.17. The van der Waals surface area contributed by atoms with Gasteiger partial charge in [-0.3, -0.25) is 0 Å². The van der Waals surface area contributed by atoms with Crippen molar-refractivity contribution in [3.8, 4) is 0 Å². The average Bonchev–Trinajstić information content (AvgIpc) is 2.33. The first-order valence-electron chi connectivity index (χ1n) is 8.24. The van der Waals surface area contributed by atoms with Crippen LogP contribution >= 0.6 is 0 Å². The molecule has 1 heterocycles. The Bertz CT molecular complexity index is 243. The summed E-state index contributed by atoms with van der Waals surface area (Å²) in [7, 11) is 0. The zero-order chi connectivity index (χ0) is 13.7. The quantitative estimate of drug-likeness (QED) is 0.768. The van der Waals surface area contributed by atoms with Gasteiger partial charge in [0.05, 0.1) is 6.10 Å². The molecule has 1 saturated heterocycles. The Kier molecular flexibility index (Phi) is 6.11. The molecular weight excluding hydrogens is 236 g/mol. The second-order valence-corrected chi connectivity index (χ2v) is 6.82. The van der Waals surface area contributed by atoms with Crippen LogP contribution in [-0.2, 0) is 4.74 Å². The summed E-state index contributed by atoms with van der Waals surface area (Å²) in [6.07, 6.45) is 5.64. The molecule has 1 aliphatic carbocycles. The van der Waals surface area contributed by atoms with E-state index in [0.29, 0.717) is 6.10 Å². The Labute approximate surface area is 119 Å². The van der Waals surface area contributed by atoms with Crippen LogP contribution in [0, 0.1) is 11.8 Å². The van der Waals surface area contributed by atoms with Gasteiger partial charge in [0.25, 0.3) is 0 Å².